The molecule has 1 atom stereocenters. The van der Waals surface area contributed by atoms with Gasteiger partial charge in [-0.2, -0.15) is 0 Å². The summed E-state index contributed by atoms with van der Waals surface area (Å²) in [6, 6.07) is 5.57. The molecule has 6 heteroatoms. The highest BCUT2D eigenvalue weighted by atomic mass is 16.4. The van der Waals surface area contributed by atoms with Crippen molar-refractivity contribution in [2.45, 2.75) is 38.1 Å². The third kappa shape index (κ3) is 3.52. The van der Waals surface area contributed by atoms with Gasteiger partial charge in [-0.1, -0.05) is 6.42 Å². The molecule has 0 spiro atoms. The maximum atomic E-state index is 12.0. The maximum absolute atomic E-state index is 12.0. The highest BCUT2D eigenvalue weighted by molar-refractivity contribution is 5.92. The minimum atomic E-state index is -0.489. The van der Waals surface area contributed by atoms with Crippen LogP contribution in [0.25, 0.3) is 11.1 Å². The number of nitrogens with one attached hydrogen (secondary N) is 3. The third-order valence-corrected chi connectivity index (χ3v) is 3.83. The van der Waals surface area contributed by atoms with Crippen LogP contribution in [0, 0.1) is 0 Å². The summed E-state index contributed by atoms with van der Waals surface area (Å²) in [5.41, 5.74) is 1.75. The summed E-state index contributed by atoms with van der Waals surface area (Å²) in [7, 11) is 0. The number of oxazole rings is 1. The molecule has 1 saturated heterocycles. The second-order valence-corrected chi connectivity index (χ2v) is 5.46. The van der Waals surface area contributed by atoms with Gasteiger partial charge in [-0.15, -0.1) is 0 Å². The van der Waals surface area contributed by atoms with E-state index in [1.165, 1.54) is 12.8 Å². The summed E-state index contributed by atoms with van der Waals surface area (Å²) < 4.78 is 4.92. The average Bonchev–Trinajstić information content (AvgIpc) is 2.85. The van der Waals surface area contributed by atoms with E-state index in [4.69, 9.17) is 4.42 Å². The Bertz CT molecular complexity index is 683. The van der Waals surface area contributed by atoms with Crippen LogP contribution < -0.4 is 16.4 Å². The predicted molar refractivity (Wildman–Crippen MR) is 80.3 cm³/mol. The molecular weight excluding hydrogens is 270 g/mol. The van der Waals surface area contributed by atoms with Crippen molar-refractivity contribution in [2.75, 3.05) is 11.9 Å². The zero-order valence-corrected chi connectivity index (χ0v) is 11.8. The van der Waals surface area contributed by atoms with Crippen LogP contribution >= 0.6 is 0 Å². The number of carbonyl (C=O) groups excluding carboxylic acids is 1. The minimum Gasteiger partial charge on any atom is -0.408 e. The van der Waals surface area contributed by atoms with E-state index in [-0.39, 0.29) is 5.91 Å². The second-order valence-electron chi connectivity index (χ2n) is 5.46. The van der Waals surface area contributed by atoms with Crippen molar-refractivity contribution in [3.63, 3.8) is 0 Å². The molecular formula is C15H19N3O3. The number of hydrogen-bond donors (Lipinski definition) is 3. The van der Waals surface area contributed by atoms with Crippen molar-refractivity contribution < 1.29 is 9.21 Å². The van der Waals surface area contributed by atoms with Crippen molar-refractivity contribution in [1.29, 1.82) is 0 Å². The Morgan fingerprint density at radius 2 is 2.29 bits per heavy atom. The topological polar surface area (TPSA) is 87.1 Å². The fourth-order valence-corrected chi connectivity index (χ4v) is 2.73. The molecule has 1 aromatic heterocycles. The fraction of sp³-hybridized carbons (Fsp3) is 0.467. The molecule has 112 valence electrons. The molecule has 21 heavy (non-hydrogen) atoms. The summed E-state index contributed by atoms with van der Waals surface area (Å²) in [6.07, 6.45) is 4.97. The molecule has 3 N–H and O–H groups in total. The van der Waals surface area contributed by atoms with E-state index in [2.05, 4.69) is 15.6 Å². The third-order valence-electron chi connectivity index (χ3n) is 3.83. The molecule has 1 aliphatic rings. The summed E-state index contributed by atoms with van der Waals surface area (Å²) in [4.78, 5) is 25.6. The monoisotopic (exact) mass is 289 g/mol. The lowest BCUT2D eigenvalue weighted by atomic mass is 10.0. The van der Waals surface area contributed by atoms with Gasteiger partial charge in [-0.25, -0.2) is 4.79 Å². The lowest BCUT2D eigenvalue weighted by Crippen LogP contribution is -2.34. The quantitative estimate of drug-likeness (QED) is 0.803. The first kappa shape index (κ1) is 13.9. The van der Waals surface area contributed by atoms with Gasteiger partial charge in [-0.05, 0) is 44.0 Å². The first-order chi connectivity index (χ1) is 10.2. The van der Waals surface area contributed by atoms with E-state index in [1.807, 2.05) is 0 Å². The molecule has 0 saturated carbocycles. The normalized spacial score (nSPS) is 18.8. The van der Waals surface area contributed by atoms with Gasteiger partial charge in [0.1, 0.15) is 0 Å². The molecule has 1 aromatic carbocycles. The number of H-pyrrole nitrogens is 1. The van der Waals surface area contributed by atoms with Crippen molar-refractivity contribution in [3.8, 4) is 0 Å². The number of fused-ring (bicyclic) bond motifs is 1. The Labute approximate surface area is 121 Å². The van der Waals surface area contributed by atoms with E-state index in [0.29, 0.717) is 29.2 Å². The number of benzene rings is 1. The number of anilines is 1. The molecule has 1 aliphatic heterocycles. The highest BCUT2D eigenvalue weighted by Gasteiger charge is 2.14. The summed E-state index contributed by atoms with van der Waals surface area (Å²) in [6.45, 7) is 1.05. The molecule has 0 aliphatic carbocycles. The maximum Gasteiger partial charge on any atom is 0.417 e. The van der Waals surface area contributed by atoms with E-state index in [9.17, 15) is 9.59 Å². The van der Waals surface area contributed by atoms with Crippen LogP contribution in [0.4, 0.5) is 5.69 Å². The van der Waals surface area contributed by atoms with Crippen LogP contribution in [-0.4, -0.2) is 23.5 Å². The Morgan fingerprint density at radius 3 is 3.10 bits per heavy atom. The molecule has 2 aromatic rings. The number of amides is 1. The standard InChI is InChI=1S/C15H19N3O3/c19-14(7-5-10-3-1-2-8-16-10)17-11-4-6-13-12(9-11)18-15(20)21-13/h4,6,9-10,16H,1-3,5,7-8H2,(H,17,19)(H,18,20). The van der Waals surface area contributed by atoms with Gasteiger partial charge < -0.3 is 15.1 Å². The average molecular weight is 289 g/mol. The van der Waals surface area contributed by atoms with Gasteiger partial charge in [0.05, 0.1) is 5.52 Å². The number of carbonyl (C=O) groups is 1. The zero-order valence-electron chi connectivity index (χ0n) is 11.8. The predicted octanol–water partition coefficient (Wildman–Crippen LogP) is 1.98. The number of aromatic nitrogens is 1. The molecule has 1 fully saturated rings. The van der Waals surface area contributed by atoms with Crippen LogP contribution in [0.3, 0.4) is 0 Å². The molecule has 1 amide bonds. The summed E-state index contributed by atoms with van der Waals surface area (Å²) in [5.74, 6) is -0.496. The number of rotatable bonds is 4. The smallest absolute Gasteiger partial charge is 0.408 e. The SMILES string of the molecule is O=C(CCC1CCCCN1)Nc1ccc2oc(=O)[nH]c2c1. The van der Waals surface area contributed by atoms with Gasteiger partial charge in [0, 0.05) is 18.2 Å². The van der Waals surface area contributed by atoms with Crippen molar-refractivity contribution in [1.82, 2.24) is 10.3 Å². The van der Waals surface area contributed by atoms with Crippen LogP contribution in [-0.2, 0) is 4.79 Å². The lowest BCUT2D eigenvalue weighted by molar-refractivity contribution is -0.116. The van der Waals surface area contributed by atoms with Crippen molar-refractivity contribution in [3.05, 3.63) is 28.7 Å². The number of aromatic amines is 1. The first-order valence-corrected chi connectivity index (χ1v) is 7.37. The molecule has 0 bridgehead atoms. The van der Waals surface area contributed by atoms with E-state index >= 15 is 0 Å². The van der Waals surface area contributed by atoms with Gasteiger partial charge in [0.2, 0.25) is 5.91 Å². The van der Waals surface area contributed by atoms with Gasteiger partial charge >= 0.3 is 5.76 Å². The van der Waals surface area contributed by atoms with Crippen LogP contribution in [0.15, 0.2) is 27.4 Å². The van der Waals surface area contributed by atoms with Crippen LogP contribution in [0.2, 0.25) is 0 Å². The van der Waals surface area contributed by atoms with Gasteiger partial charge in [-0.3, -0.25) is 9.78 Å². The molecule has 2 heterocycles. The number of hydrogen-bond acceptors (Lipinski definition) is 4. The van der Waals surface area contributed by atoms with Crippen molar-refractivity contribution >= 4 is 22.7 Å². The van der Waals surface area contributed by atoms with Gasteiger partial charge in [0.25, 0.3) is 0 Å². The molecule has 3 rings (SSSR count). The zero-order chi connectivity index (χ0) is 14.7. The number of piperidine rings is 1. The second kappa shape index (κ2) is 6.13. The largest absolute Gasteiger partial charge is 0.417 e. The first-order valence-electron chi connectivity index (χ1n) is 7.37. The Kier molecular flexibility index (Phi) is 4.06. The summed E-state index contributed by atoms with van der Waals surface area (Å²) in [5, 5.41) is 6.29. The van der Waals surface area contributed by atoms with Gasteiger partial charge in [0.15, 0.2) is 5.58 Å². The minimum absolute atomic E-state index is 0.00688. The molecule has 0 radical (unpaired) electrons. The Hall–Kier alpha value is -2.08. The van der Waals surface area contributed by atoms with E-state index < -0.39 is 5.76 Å². The Balaban J connectivity index is 1.56. The van der Waals surface area contributed by atoms with E-state index in [1.54, 1.807) is 18.2 Å². The van der Waals surface area contributed by atoms with Crippen LogP contribution in [0.1, 0.15) is 32.1 Å². The molecule has 6 nitrogen and oxygen atoms in total. The summed E-state index contributed by atoms with van der Waals surface area (Å²) >= 11 is 0. The van der Waals surface area contributed by atoms with Crippen molar-refractivity contribution in [2.24, 2.45) is 0 Å². The fourth-order valence-electron chi connectivity index (χ4n) is 2.73. The van der Waals surface area contributed by atoms with Crippen LogP contribution in [0.5, 0.6) is 0 Å². The highest BCUT2D eigenvalue weighted by Crippen LogP contribution is 2.17. The molecule has 1 unspecified atom stereocenters. The van der Waals surface area contributed by atoms with E-state index in [0.717, 1.165) is 19.4 Å². The Morgan fingerprint density at radius 1 is 1.38 bits per heavy atom. The lowest BCUT2D eigenvalue weighted by Gasteiger charge is -2.23.